The summed E-state index contributed by atoms with van der Waals surface area (Å²) < 4.78 is 7.28. The maximum absolute atomic E-state index is 12.2. The minimum atomic E-state index is -0.0941. The van der Waals surface area contributed by atoms with Crippen LogP contribution >= 0.6 is 0 Å². The van der Waals surface area contributed by atoms with Crippen LogP contribution in [-0.2, 0) is 9.53 Å². The summed E-state index contributed by atoms with van der Waals surface area (Å²) in [5, 5.41) is 10.1. The summed E-state index contributed by atoms with van der Waals surface area (Å²) in [5.74, 6) is 1.44. The molecule has 0 atom stereocenters. The predicted molar refractivity (Wildman–Crippen MR) is 120 cm³/mol. The molecule has 0 radical (unpaired) electrons. The van der Waals surface area contributed by atoms with Crippen molar-refractivity contribution in [2.75, 3.05) is 24.6 Å². The standard InChI is InChI=1S/C24H25N5O2/c1-3-31-23(30)18-12-14-28(15-13-18)24-25-20-7-5-4-6-19(20)22-27-26-21(29(22)24)17-10-8-16(2)9-11-17/h4-11,18H,3,12-15H2,1-2H3. The molecular weight excluding hydrogens is 390 g/mol. The summed E-state index contributed by atoms with van der Waals surface area (Å²) in [6.45, 7) is 5.80. The SMILES string of the molecule is CCOC(=O)C1CCN(c2nc3ccccc3c3nnc(-c4ccc(C)cc4)n23)CC1. The van der Waals surface area contributed by atoms with Gasteiger partial charge in [0.15, 0.2) is 11.5 Å². The van der Waals surface area contributed by atoms with Gasteiger partial charge in [0.2, 0.25) is 5.95 Å². The molecule has 0 unspecified atom stereocenters. The van der Waals surface area contributed by atoms with E-state index in [0.717, 1.165) is 59.8 Å². The van der Waals surface area contributed by atoms with Crippen LogP contribution in [-0.4, -0.2) is 45.2 Å². The van der Waals surface area contributed by atoms with Crippen molar-refractivity contribution in [1.29, 1.82) is 0 Å². The first-order chi connectivity index (χ1) is 15.2. The van der Waals surface area contributed by atoms with Gasteiger partial charge < -0.3 is 9.64 Å². The van der Waals surface area contributed by atoms with Crippen molar-refractivity contribution in [3.63, 3.8) is 0 Å². The highest BCUT2D eigenvalue weighted by atomic mass is 16.5. The maximum Gasteiger partial charge on any atom is 0.309 e. The number of aromatic nitrogens is 4. The number of carbonyl (C=O) groups is 1. The topological polar surface area (TPSA) is 72.6 Å². The minimum absolute atomic E-state index is 0.0513. The number of hydrogen-bond acceptors (Lipinski definition) is 6. The zero-order chi connectivity index (χ0) is 21.4. The molecule has 2 aromatic heterocycles. The summed E-state index contributed by atoms with van der Waals surface area (Å²) in [7, 11) is 0. The van der Waals surface area contributed by atoms with Gasteiger partial charge in [0, 0.05) is 24.0 Å². The summed E-state index contributed by atoms with van der Waals surface area (Å²) in [6, 6.07) is 16.3. The van der Waals surface area contributed by atoms with Gasteiger partial charge in [0.1, 0.15) is 0 Å². The minimum Gasteiger partial charge on any atom is -0.466 e. The molecule has 1 aliphatic rings. The number of rotatable bonds is 4. The quantitative estimate of drug-likeness (QED) is 0.469. The van der Waals surface area contributed by atoms with E-state index in [2.05, 4.69) is 50.7 Å². The van der Waals surface area contributed by atoms with Crippen molar-refractivity contribution in [3.05, 3.63) is 54.1 Å². The third-order valence-electron chi connectivity index (χ3n) is 5.94. The van der Waals surface area contributed by atoms with Gasteiger partial charge in [-0.3, -0.25) is 4.79 Å². The first kappa shape index (κ1) is 19.5. The summed E-state index contributed by atoms with van der Waals surface area (Å²) in [4.78, 5) is 19.4. The monoisotopic (exact) mass is 415 g/mol. The number of nitrogens with zero attached hydrogens (tertiary/aromatic N) is 5. The zero-order valence-corrected chi connectivity index (χ0v) is 17.8. The number of ether oxygens (including phenoxy) is 1. The fourth-order valence-corrected chi connectivity index (χ4v) is 4.24. The molecule has 2 aromatic carbocycles. The highest BCUT2D eigenvalue weighted by Crippen LogP contribution is 2.30. The van der Waals surface area contributed by atoms with Crippen molar-refractivity contribution in [1.82, 2.24) is 19.6 Å². The molecule has 5 rings (SSSR count). The molecule has 0 N–H and O–H groups in total. The number of esters is 1. The van der Waals surface area contributed by atoms with Gasteiger partial charge in [-0.15, -0.1) is 10.2 Å². The Morgan fingerprint density at radius 1 is 1.06 bits per heavy atom. The van der Waals surface area contributed by atoms with Crippen molar-refractivity contribution in [3.8, 4) is 11.4 Å². The Kier molecular flexibility index (Phi) is 5.02. The van der Waals surface area contributed by atoms with Crippen molar-refractivity contribution in [2.45, 2.75) is 26.7 Å². The van der Waals surface area contributed by atoms with Crippen molar-refractivity contribution in [2.24, 2.45) is 5.92 Å². The van der Waals surface area contributed by atoms with Crippen LogP contribution in [0.2, 0.25) is 0 Å². The Morgan fingerprint density at radius 3 is 2.55 bits per heavy atom. The predicted octanol–water partition coefficient (Wildman–Crippen LogP) is 4.03. The largest absolute Gasteiger partial charge is 0.466 e. The summed E-state index contributed by atoms with van der Waals surface area (Å²) in [6.07, 6.45) is 1.49. The molecule has 0 amide bonds. The van der Waals surface area contributed by atoms with E-state index in [0.29, 0.717) is 6.61 Å². The van der Waals surface area contributed by atoms with Gasteiger partial charge in [-0.25, -0.2) is 9.38 Å². The number of aryl methyl sites for hydroxylation is 1. The fraction of sp³-hybridized carbons (Fsp3) is 0.333. The van der Waals surface area contributed by atoms with Crippen LogP contribution in [0.1, 0.15) is 25.3 Å². The van der Waals surface area contributed by atoms with Crippen molar-refractivity contribution < 1.29 is 9.53 Å². The average Bonchev–Trinajstić information content (AvgIpc) is 3.25. The van der Waals surface area contributed by atoms with Gasteiger partial charge in [-0.05, 0) is 38.8 Å². The van der Waals surface area contributed by atoms with Crippen LogP contribution in [0.15, 0.2) is 48.5 Å². The number of hydrogen-bond donors (Lipinski definition) is 0. The van der Waals surface area contributed by atoms with Crippen LogP contribution < -0.4 is 4.90 Å². The Hall–Kier alpha value is -3.48. The molecule has 7 heteroatoms. The van der Waals surface area contributed by atoms with Gasteiger partial charge in [0.05, 0.1) is 18.0 Å². The van der Waals surface area contributed by atoms with Crippen LogP contribution in [0, 0.1) is 12.8 Å². The molecule has 158 valence electrons. The van der Waals surface area contributed by atoms with E-state index in [-0.39, 0.29) is 11.9 Å². The third-order valence-corrected chi connectivity index (χ3v) is 5.94. The number of para-hydroxylation sites is 1. The normalized spacial score (nSPS) is 15.0. The lowest BCUT2D eigenvalue weighted by atomic mass is 9.97. The molecular formula is C24H25N5O2. The number of fused-ring (bicyclic) bond motifs is 3. The van der Waals surface area contributed by atoms with E-state index < -0.39 is 0 Å². The lowest BCUT2D eigenvalue weighted by Crippen LogP contribution is -2.38. The molecule has 0 aliphatic carbocycles. The third kappa shape index (κ3) is 3.50. The molecule has 1 fully saturated rings. The molecule has 3 heterocycles. The fourth-order valence-electron chi connectivity index (χ4n) is 4.24. The Labute approximate surface area is 180 Å². The van der Waals surface area contributed by atoms with Gasteiger partial charge in [-0.2, -0.15) is 0 Å². The summed E-state index contributed by atoms with van der Waals surface area (Å²) >= 11 is 0. The van der Waals surface area contributed by atoms with Gasteiger partial charge >= 0.3 is 5.97 Å². The maximum atomic E-state index is 12.2. The number of benzene rings is 2. The van der Waals surface area contributed by atoms with E-state index in [4.69, 9.17) is 9.72 Å². The molecule has 0 spiro atoms. The molecule has 7 nitrogen and oxygen atoms in total. The molecule has 0 saturated carbocycles. The number of carbonyl (C=O) groups excluding carboxylic acids is 1. The van der Waals surface area contributed by atoms with Crippen LogP contribution in [0.25, 0.3) is 27.9 Å². The lowest BCUT2D eigenvalue weighted by molar-refractivity contribution is -0.148. The van der Waals surface area contributed by atoms with Gasteiger partial charge in [-0.1, -0.05) is 42.0 Å². The highest BCUT2D eigenvalue weighted by molar-refractivity contribution is 5.93. The smallest absolute Gasteiger partial charge is 0.309 e. The molecule has 31 heavy (non-hydrogen) atoms. The molecule has 1 saturated heterocycles. The first-order valence-corrected chi connectivity index (χ1v) is 10.8. The van der Waals surface area contributed by atoms with E-state index in [9.17, 15) is 4.79 Å². The Morgan fingerprint density at radius 2 is 1.81 bits per heavy atom. The van der Waals surface area contributed by atoms with E-state index in [1.807, 2.05) is 31.2 Å². The van der Waals surface area contributed by atoms with E-state index in [1.165, 1.54) is 5.56 Å². The second-order valence-corrected chi connectivity index (χ2v) is 7.99. The number of piperidine rings is 1. The average molecular weight is 415 g/mol. The first-order valence-electron chi connectivity index (χ1n) is 10.8. The zero-order valence-electron chi connectivity index (χ0n) is 17.8. The van der Waals surface area contributed by atoms with Crippen LogP contribution in [0.5, 0.6) is 0 Å². The second kappa shape index (κ2) is 7.98. The van der Waals surface area contributed by atoms with Gasteiger partial charge in [0.25, 0.3) is 0 Å². The molecule has 0 bridgehead atoms. The highest BCUT2D eigenvalue weighted by Gasteiger charge is 2.29. The van der Waals surface area contributed by atoms with Crippen LogP contribution in [0.3, 0.4) is 0 Å². The Balaban J connectivity index is 1.60. The van der Waals surface area contributed by atoms with Crippen molar-refractivity contribution >= 4 is 28.5 Å². The van der Waals surface area contributed by atoms with E-state index >= 15 is 0 Å². The van der Waals surface area contributed by atoms with E-state index in [1.54, 1.807) is 0 Å². The summed E-state index contributed by atoms with van der Waals surface area (Å²) in [5.41, 5.74) is 3.88. The molecule has 1 aliphatic heterocycles. The second-order valence-electron chi connectivity index (χ2n) is 7.99. The Bertz CT molecular complexity index is 1240. The molecule has 4 aromatic rings. The van der Waals surface area contributed by atoms with Crippen LogP contribution in [0.4, 0.5) is 5.95 Å². The number of anilines is 1. The lowest BCUT2D eigenvalue weighted by Gasteiger charge is -2.32.